The monoisotopic (exact) mass is 394 g/mol. The molecule has 28 heavy (non-hydrogen) atoms. The maximum atomic E-state index is 13.2. The number of hydrogen-bond donors (Lipinski definition) is 1. The fourth-order valence-corrected chi connectivity index (χ4v) is 4.68. The molecule has 1 aromatic carbocycles. The molecule has 5 rings (SSSR count). The molecule has 3 heterocycles. The van der Waals surface area contributed by atoms with Gasteiger partial charge in [0.25, 0.3) is 0 Å². The van der Waals surface area contributed by atoms with E-state index < -0.39 is 12.4 Å². The quantitative estimate of drug-likeness (QED) is 0.835. The summed E-state index contributed by atoms with van der Waals surface area (Å²) >= 11 is 0. The molecule has 0 atom stereocenters. The number of hydrogen-bond acceptors (Lipinski definition) is 5. The Morgan fingerprint density at radius 1 is 1.14 bits per heavy atom. The molecule has 7 nitrogen and oxygen atoms in total. The van der Waals surface area contributed by atoms with Crippen molar-refractivity contribution in [1.82, 2.24) is 10.2 Å². The fourth-order valence-electron chi connectivity index (χ4n) is 4.68. The number of amides is 2. The third-order valence-electron chi connectivity index (χ3n) is 6.17. The molecule has 3 fully saturated rings. The summed E-state index contributed by atoms with van der Waals surface area (Å²) in [6, 6.07) is 4.90. The van der Waals surface area contributed by atoms with Crippen molar-refractivity contribution < 1.29 is 32.6 Å². The first-order valence-corrected chi connectivity index (χ1v) is 9.46. The highest BCUT2D eigenvalue weighted by Gasteiger charge is 2.53. The van der Waals surface area contributed by atoms with E-state index in [0.29, 0.717) is 32.5 Å². The van der Waals surface area contributed by atoms with Crippen LogP contribution < -0.4 is 14.8 Å². The third-order valence-corrected chi connectivity index (χ3v) is 6.17. The Hall–Kier alpha value is -2.58. The summed E-state index contributed by atoms with van der Waals surface area (Å²) in [5, 5.41) is 2.80. The Morgan fingerprint density at radius 2 is 1.86 bits per heavy atom. The summed E-state index contributed by atoms with van der Waals surface area (Å²) < 4.78 is 40.3. The summed E-state index contributed by atoms with van der Waals surface area (Å²) in [5.41, 5.74) is 0.560. The van der Waals surface area contributed by atoms with E-state index in [9.17, 15) is 18.4 Å². The van der Waals surface area contributed by atoms with E-state index in [1.807, 2.05) is 4.90 Å². The van der Waals surface area contributed by atoms with Gasteiger partial charge in [0.1, 0.15) is 6.61 Å². The third kappa shape index (κ3) is 2.93. The number of alkyl halides is 2. The summed E-state index contributed by atoms with van der Waals surface area (Å²) in [7, 11) is 0. The number of halogens is 2. The van der Waals surface area contributed by atoms with Crippen LogP contribution >= 0.6 is 0 Å². The van der Waals surface area contributed by atoms with Crippen molar-refractivity contribution in [3.63, 3.8) is 0 Å². The van der Waals surface area contributed by atoms with Crippen LogP contribution in [-0.2, 0) is 9.53 Å². The molecule has 4 aliphatic rings. The molecular weight excluding hydrogens is 374 g/mol. The number of likely N-dealkylation sites (tertiary alicyclic amines) is 1. The van der Waals surface area contributed by atoms with Gasteiger partial charge in [-0.3, -0.25) is 4.79 Å². The lowest BCUT2D eigenvalue weighted by atomic mass is 9.68. The lowest BCUT2D eigenvalue weighted by Crippen LogP contribution is -2.58. The molecule has 2 saturated heterocycles. The van der Waals surface area contributed by atoms with Gasteiger partial charge in [0, 0.05) is 19.0 Å². The summed E-state index contributed by atoms with van der Waals surface area (Å²) in [4.78, 5) is 25.8. The van der Waals surface area contributed by atoms with Crippen molar-refractivity contribution in [3.05, 3.63) is 23.8 Å². The predicted molar refractivity (Wildman–Crippen MR) is 91.1 cm³/mol. The van der Waals surface area contributed by atoms with Crippen molar-refractivity contribution >= 4 is 12.0 Å². The van der Waals surface area contributed by atoms with Crippen LogP contribution in [0.4, 0.5) is 13.6 Å². The Balaban J connectivity index is 1.16. The molecule has 1 spiro atoms. The molecule has 0 unspecified atom stereocenters. The molecule has 1 aromatic rings. The SMILES string of the molecule is O=C1NC2(CO1)CC(C(=O)N1CCC(c3ccc4c(c3)OC(F)(F)O4)CC1)C2. The zero-order chi connectivity index (χ0) is 19.5. The Bertz CT molecular complexity index is 832. The number of carbonyl (C=O) groups is 2. The van der Waals surface area contributed by atoms with Crippen molar-refractivity contribution in [2.75, 3.05) is 19.7 Å². The minimum atomic E-state index is -3.61. The van der Waals surface area contributed by atoms with Gasteiger partial charge in [0.05, 0.1) is 5.54 Å². The molecule has 150 valence electrons. The van der Waals surface area contributed by atoms with E-state index in [1.54, 1.807) is 12.1 Å². The van der Waals surface area contributed by atoms with E-state index in [1.165, 1.54) is 6.07 Å². The second-order valence-corrected chi connectivity index (χ2v) is 8.06. The molecular formula is C19H20F2N2O5. The van der Waals surface area contributed by atoms with Gasteiger partial charge in [-0.1, -0.05) is 6.07 Å². The Labute approximate surface area is 159 Å². The standard InChI is InChI=1S/C19H20F2N2O5/c20-19(21)27-14-2-1-12(7-15(14)28-19)11-3-5-23(6-4-11)16(24)13-8-18(9-13)10-26-17(25)22-18/h1-2,7,11,13H,3-6,8-10H2,(H,22,25). The maximum Gasteiger partial charge on any atom is 0.586 e. The average molecular weight is 394 g/mol. The highest BCUT2D eigenvalue weighted by molar-refractivity contribution is 5.81. The fraction of sp³-hybridized carbons (Fsp3) is 0.579. The van der Waals surface area contributed by atoms with E-state index >= 15 is 0 Å². The first-order valence-electron chi connectivity index (χ1n) is 9.46. The lowest BCUT2D eigenvalue weighted by molar-refractivity contribution is -0.286. The lowest BCUT2D eigenvalue weighted by Gasteiger charge is -2.45. The van der Waals surface area contributed by atoms with Crippen LogP contribution in [0.25, 0.3) is 0 Å². The zero-order valence-electron chi connectivity index (χ0n) is 15.1. The smallest absolute Gasteiger partial charge is 0.447 e. The first-order chi connectivity index (χ1) is 13.3. The number of benzene rings is 1. The van der Waals surface area contributed by atoms with E-state index in [-0.39, 0.29) is 34.8 Å². The van der Waals surface area contributed by atoms with Crippen molar-refractivity contribution in [3.8, 4) is 11.5 Å². The number of nitrogens with one attached hydrogen (secondary N) is 1. The number of fused-ring (bicyclic) bond motifs is 1. The minimum Gasteiger partial charge on any atom is -0.447 e. The van der Waals surface area contributed by atoms with E-state index in [4.69, 9.17) is 4.74 Å². The van der Waals surface area contributed by atoms with Crippen molar-refractivity contribution in [2.24, 2.45) is 5.92 Å². The van der Waals surface area contributed by atoms with Crippen LogP contribution in [0.1, 0.15) is 37.2 Å². The molecule has 2 amide bonds. The Kier molecular flexibility index (Phi) is 3.73. The molecule has 0 aromatic heterocycles. The van der Waals surface area contributed by atoms with Gasteiger partial charge in [-0.25, -0.2) is 4.79 Å². The molecule has 9 heteroatoms. The average Bonchev–Trinajstić information content (AvgIpc) is 3.17. The van der Waals surface area contributed by atoms with Gasteiger partial charge in [-0.05, 0) is 49.3 Å². The number of alkyl carbamates (subject to hydrolysis) is 1. The minimum absolute atomic E-state index is 0.0447. The highest BCUT2D eigenvalue weighted by Crippen LogP contribution is 2.44. The topological polar surface area (TPSA) is 77.1 Å². The van der Waals surface area contributed by atoms with Crippen LogP contribution in [0, 0.1) is 5.92 Å². The van der Waals surface area contributed by atoms with Crippen LogP contribution in [0.3, 0.4) is 0 Å². The van der Waals surface area contributed by atoms with Gasteiger partial charge in [0.15, 0.2) is 11.5 Å². The van der Waals surface area contributed by atoms with Gasteiger partial charge < -0.3 is 24.4 Å². The van der Waals surface area contributed by atoms with Gasteiger partial charge >= 0.3 is 12.4 Å². The zero-order valence-corrected chi connectivity index (χ0v) is 15.1. The Morgan fingerprint density at radius 3 is 2.54 bits per heavy atom. The normalized spacial score (nSPS) is 30.7. The largest absolute Gasteiger partial charge is 0.586 e. The highest BCUT2D eigenvalue weighted by atomic mass is 19.3. The summed E-state index contributed by atoms with van der Waals surface area (Å²) in [5.74, 6) is 0.328. The van der Waals surface area contributed by atoms with E-state index in [0.717, 1.165) is 18.4 Å². The molecule has 1 N–H and O–H groups in total. The predicted octanol–water partition coefficient (Wildman–Crippen LogP) is 2.60. The van der Waals surface area contributed by atoms with E-state index in [2.05, 4.69) is 14.8 Å². The van der Waals surface area contributed by atoms with Crippen LogP contribution in [0.15, 0.2) is 18.2 Å². The molecule has 0 radical (unpaired) electrons. The molecule has 1 saturated carbocycles. The van der Waals surface area contributed by atoms with Crippen LogP contribution in [-0.4, -0.2) is 48.4 Å². The van der Waals surface area contributed by atoms with Crippen LogP contribution in [0.5, 0.6) is 11.5 Å². The molecule has 0 bridgehead atoms. The molecule has 1 aliphatic carbocycles. The van der Waals surface area contributed by atoms with Crippen molar-refractivity contribution in [1.29, 1.82) is 0 Å². The number of cyclic esters (lactones) is 1. The van der Waals surface area contributed by atoms with Crippen LogP contribution in [0.2, 0.25) is 0 Å². The maximum absolute atomic E-state index is 13.2. The van der Waals surface area contributed by atoms with Gasteiger partial charge in [-0.2, -0.15) is 0 Å². The number of nitrogens with zero attached hydrogens (tertiary/aromatic N) is 1. The van der Waals surface area contributed by atoms with Gasteiger partial charge in [0.2, 0.25) is 5.91 Å². The first kappa shape index (κ1) is 17.5. The second kappa shape index (κ2) is 5.96. The summed E-state index contributed by atoms with van der Waals surface area (Å²) in [6.07, 6.45) is -1.25. The number of piperidine rings is 1. The second-order valence-electron chi connectivity index (χ2n) is 8.06. The van der Waals surface area contributed by atoms with Gasteiger partial charge in [-0.15, -0.1) is 8.78 Å². The summed E-state index contributed by atoms with van der Waals surface area (Å²) in [6.45, 7) is 1.59. The number of carbonyl (C=O) groups excluding carboxylic acids is 2. The molecule has 3 aliphatic heterocycles. The number of rotatable bonds is 2. The number of ether oxygens (including phenoxy) is 3. The van der Waals surface area contributed by atoms with Crippen molar-refractivity contribution in [2.45, 2.75) is 43.4 Å².